The van der Waals surface area contributed by atoms with Crippen LogP contribution in [0.4, 0.5) is 11.6 Å². The van der Waals surface area contributed by atoms with Gasteiger partial charge in [0, 0.05) is 13.1 Å². The first-order valence-electron chi connectivity index (χ1n) is 5.43. The van der Waals surface area contributed by atoms with Gasteiger partial charge in [0.2, 0.25) is 0 Å². The Balaban J connectivity index is 2.63. The van der Waals surface area contributed by atoms with E-state index < -0.39 is 0 Å². The Kier molecular flexibility index (Phi) is 4.34. The monoisotopic (exact) mass is 208 g/mol. The van der Waals surface area contributed by atoms with Crippen LogP contribution in [0.5, 0.6) is 0 Å². The molecular weight excluding hydrogens is 188 g/mol. The summed E-state index contributed by atoms with van der Waals surface area (Å²) in [6.07, 6.45) is 4.62. The predicted molar refractivity (Wildman–Crippen MR) is 64.1 cm³/mol. The van der Waals surface area contributed by atoms with Crippen LogP contribution in [0.25, 0.3) is 0 Å². The van der Waals surface area contributed by atoms with Gasteiger partial charge in [0.05, 0.1) is 12.4 Å². The Labute approximate surface area is 91.5 Å². The van der Waals surface area contributed by atoms with Gasteiger partial charge in [-0.3, -0.25) is 4.98 Å². The second-order valence-electron chi connectivity index (χ2n) is 3.86. The number of hydrogen-bond acceptors (Lipinski definition) is 4. The van der Waals surface area contributed by atoms with Gasteiger partial charge in [-0.05, 0) is 12.8 Å². The van der Waals surface area contributed by atoms with Crippen molar-refractivity contribution in [1.82, 2.24) is 9.97 Å². The van der Waals surface area contributed by atoms with Crippen LogP contribution in [-0.4, -0.2) is 23.1 Å². The van der Waals surface area contributed by atoms with Crippen LogP contribution in [0, 0.1) is 5.92 Å². The third kappa shape index (κ3) is 3.38. The lowest BCUT2D eigenvalue weighted by Gasteiger charge is -2.20. The van der Waals surface area contributed by atoms with Gasteiger partial charge in [-0.2, -0.15) is 0 Å². The molecule has 1 aromatic rings. The van der Waals surface area contributed by atoms with Crippen molar-refractivity contribution < 1.29 is 0 Å². The maximum atomic E-state index is 4.36. The molecular formula is C11H20N4. The van der Waals surface area contributed by atoms with Crippen LogP contribution < -0.4 is 10.6 Å². The fourth-order valence-corrected chi connectivity index (χ4v) is 1.29. The Morgan fingerprint density at radius 1 is 1.27 bits per heavy atom. The minimum Gasteiger partial charge on any atom is -0.372 e. The summed E-state index contributed by atoms with van der Waals surface area (Å²) in [4.78, 5) is 8.47. The normalized spacial score (nSPS) is 14.4. The molecule has 2 unspecified atom stereocenters. The maximum absolute atomic E-state index is 4.36. The molecule has 0 bridgehead atoms. The summed E-state index contributed by atoms with van der Waals surface area (Å²) in [5.41, 5.74) is 0. The first-order valence-corrected chi connectivity index (χ1v) is 5.43. The van der Waals surface area contributed by atoms with Gasteiger partial charge >= 0.3 is 0 Å². The number of nitrogens with zero attached hydrogens (tertiary/aromatic N) is 2. The molecule has 0 fully saturated rings. The summed E-state index contributed by atoms with van der Waals surface area (Å²) in [6.45, 7) is 6.59. The van der Waals surface area contributed by atoms with E-state index in [9.17, 15) is 0 Å². The van der Waals surface area contributed by atoms with Crippen molar-refractivity contribution in [2.24, 2.45) is 5.92 Å². The highest BCUT2D eigenvalue weighted by atomic mass is 15.1. The molecule has 84 valence electrons. The van der Waals surface area contributed by atoms with Crippen molar-refractivity contribution in [3.8, 4) is 0 Å². The lowest BCUT2D eigenvalue weighted by molar-refractivity contribution is 0.493. The van der Waals surface area contributed by atoms with Crippen molar-refractivity contribution in [3.05, 3.63) is 12.4 Å². The molecule has 1 heterocycles. The average Bonchev–Trinajstić information content (AvgIpc) is 2.28. The van der Waals surface area contributed by atoms with E-state index in [1.54, 1.807) is 12.4 Å². The molecule has 0 aromatic carbocycles. The van der Waals surface area contributed by atoms with Gasteiger partial charge in [0.15, 0.2) is 0 Å². The van der Waals surface area contributed by atoms with E-state index in [-0.39, 0.29) is 0 Å². The van der Waals surface area contributed by atoms with Crippen molar-refractivity contribution in [2.75, 3.05) is 17.7 Å². The maximum Gasteiger partial charge on any atom is 0.147 e. The SMILES string of the molecule is CCC(C)C(C)Nc1cncc(NC)n1. The minimum atomic E-state index is 0.413. The number of nitrogens with one attached hydrogen (secondary N) is 2. The van der Waals surface area contributed by atoms with E-state index >= 15 is 0 Å². The van der Waals surface area contributed by atoms with Gasteiger partial charge in [-0.15, -0.1) is 0 Å². The topological polar surface area (TPSA) is 49.8 Å². The molecule has 1 aromatic heterocycles. The lowest BCUT2D eigenvalue weighted by atomic mass is 10.0. The lowest BCUT2D eigenvalue weighted by Crippen LogP contribution is -2.23. The quantitative estimate of drug-likeness (QED) is 0.780. The zero-order valence-electron chi connectivity index (χ0n) is 9.91. The fraction of sp³-hybridized carbons (Fsp3) is 0.636. The fourth-order valence-electron chi connectivity index (χ4n) is 1.29. The zero-order chi connectivity index (χ0) is 11.3. The second kappa shape index (κ2) is 5.53. The molecule has 0 aliphatic heterocycles. The molecule has 0 aliphatic rings. The van der Waals surface area contributed by atoms with E-state index in [0.29, 0.717) is 12.0 Å². The van der Waals surface area contributed by atoms with Crippen LogP contribution in [0.3, 0.4) is 0 Å². The van der Waals surface area contributed by atoms with Gasteiger partial charge in [0.25, 0.3) is 0 Å². The van der Waals surface area contributed by atoms with Gasteiger partial charge in [-0.1, -0.05) is 20.3 Å². The summed E-state index contributed by atoms with van der Waals surface area (Å²) < 4.78 is 0. The molecule has 4 heteroatoms. The average molecular weight is 208 g/mol. The van der Waals surface area contributed by atoms with E-state index in [1.165, 1.54) is 0 Å². The third-order valence-electron chi connectivity index (χ3n) is 2.76. The van der Waals surface area contributed by atoms with Gasteiger partial charge in [-0.25, -0.2) is 4.98 Å². The Bertz CT molecular complexity index is 300. The van der Waals surface area contributed by atoms with Crippen LogP contribution in [-0.2, 0) is 0 Å². The summed E-state index contributed by atoms with van der Waals surface area (Å²) in [7, 11) is 1.84. The summed E-state index contributed by atoms with van der Waals surface area (Å²) >= 11 is 0. The van der Waals surface area contributed by atoms with E-state index in [2.05, 4.69) is 41.4 Å². The van der Waals surface area contributed by atoms with Crippen molar-refractivity contribution in [1.29, 1.82) is 0 Å². The molecule has 0 radical (unpaired) electrons. The smallest absolute Gasteiger partial charge is 0.147 e. The van der Waals surface area contributed by atoms with E-state index in [4.69, 9.17) is 0 Å². The van der Waals surface area contributed by atoms with Crippen LogP contribution in [0.1, 0.15) is 27.2 Å². The van der Waals surface area contributed by atoms with Crippen molar-refractivity contribution in [3.63, 3.8) is 0 Å². The molecule has 2 N–H and O–H groups in total. The molecule has 0 saturated heterocycles. The summed E-state index contributed by atoms with van der Waals surface area (Å²) in [6, 6.07) is 0.413. The highest BCUT2D eigenvalue weighted by Crippen LogP contribution is 2.13. The standard InChI is InChI=1S/C11H20N4/c1-5-8(2)9(3)14-11-7-13-6-10(12-4)15-11/h6-9H,5H2,1-4H3,(H2,12,14,15). The van der Waals surface area contributed by atoms with Crippen molar-refractivity contribution in [2.45, 2.75) is 33.2 Å². The molecule has 15 heavy (non-hydrogen) atoms. The predicted octanol–water partition coefficient (Wildman–Crippen LogP) is 2.36. The van der Waals surface area contributed by atoms with E-state index in [0.717, 1.165) is 18.1 Å². The minimum absolute atomic E-state index is 0.413. The second-order valence-corrected chi connectivity index (χ2v) is 3.86. The molecule has 2 atom stereocenters. The number of rotatable bonds is 5. The number of aromatic nitrogens is 2. The molecule has 1 rings (SSSR count). The third-order valence-corrected chi connectivity index (χ3v) is 2.76. The van der Waals surface area contributed by atoms with Gasteiger partial charge in [0.1, 0.15) is 11.6 Å². The van der Waals surface area contributed by atoms with E-state index in [1.807, 2.05) is 7.05 Å². The Hall–Kier alpha value is -1.32. The Morgan fingerprint density at radius 3 is 2.53 bits per heavy atom. The van der Waals surface area contributed by atoms with Crippen LogP contribution in [0.2, 0.25) is 0 Å². The molecule has 0 saturated carbocycles. The highest BCUT2D eigenvalue weighted by molar-refractivity contribution is 5.41. The first-order chi connectivity index (χ1) is 7.17. The molecule has 0 aliphatic carbocycles. The van der Waals surface area contributed by atoms with Crippen molar-refractivity contribution >= 4 is 11.6 Å². The van der Waals surface area contributed by atoms with Crippen LogP contribution in [0.15, 0.2) is 12.4 Å². The first kappa shape index (κ1) is 11.8. The Morgan fingerprint density at radius 2 is 1.93 bits per heavy atom. The summed E-state index contributed by atoms with van der Waals surface area (Å²) in [5, 5.41) is 6.32. The largest absolute Gasteiger partial charge is 0.372 e. The molecule has 4 nitrogen and oxygen atoms in total. The highest BCUT2D eigenvalue weighted by Gasteiger charge is 2.10. The molecule has 0 spiro atoms. The number of anilines is 2. The molecule has 0 amide bonds. The van der Waals surface area contributed by atoms with Crippen LogP contribution >= 0.6 is 0 Å². The number of hydrogen-bond donors (Lipinski definition) is 2. The van der Waals surface area contributed by atoms with Gasteiger partial charge < -0.3 is 10.6 Å². The summed E-state index contributed by atoms with van der Waals surface area (Å²) in [5.74, 6) is 2.25. The zero-order valence-corrected chi connectivity index (χ0v) is 9.91.